The molecule has 2 aromatic rings. The first-order valence-electron chi connectivity index (χ1n) is 9.94. The van der Waals surface area contributed by atoms with Gasteiger partial charge >= 0.3 is 0 Å². The molecule has 2 atom stereocenters. The number of carbonyl (C=O) groups excluding carboxylic acids is 3. The molecule has 0 N–H and O–H groups in total. The maximum absolute atomic E-state index is 13.1. The molecule has 1 amide bonds. The summed E-state index contributed by atoms with van der Waals surface area (Å²) in [7, 11) is 0. The largest absolute Gasteiger partial charge is 0.379 e. The molecule has 0 radical (unpaired) electrons. The average molecular weight is 413 g/mol. The second-order valence-electron chi connectivity index (χ2n) is 7.35. The topological polar surface area (TPSA) is 66.9 Å². The van der Waals surface area contributed by atoms with E-state index in [0.29, 0.717) is 11.4 Å². The van der Waals surface area contributed by atoms with Gasteiger partial charge in [0.25, 0.3) is 5.91 Å². The Morgan fingerprint density at radius 1 is 1.03 bits per heavy atom. The summed E-state index contributed by atoms with van der Waals surface area (Å²) in [4.78, 5) is 43.2. The zero-order chi connectivity index (χ0) is 20.2. The average Bonchev–Trinajstić information content (AvgIpc) is 3.38. The third-order valence-corrected chi connectivity index (χ3v) is 6.45. The van der Waals surface area contributed by atoms with Gasteiger partial charge in [-0.15, -0.1) is 11.3 Å². The highest BCUT2D eigenvalue weighted by Crippen LogP contribution is 2.38. The molecule has 4 rings (SSSR count). The number of ketones is 2. The fourth-order valence-corrected chi connectivity index (χ4v) is 4.82. The van der Waals surface area contributed by atoms with Crippen LogP contribution in [0.3, 0.4) is 0 Å². The number of amides is 1. The lowest BCUT2D eigenvalue weighted by Crippen LogP contribution is -2.39. The molecule has 0 saturated carbocycles. The van der Waals surface area contributed by atoms with Crippen LogP contribution in [0.4, 0.5) is 0 Å². The van der Waals surface area contributed by atoms with Crippen LogP contribution < -0.4 is 0 Å². The maximum atomic E-state index is 13.1. The molecule has 6 nitrogen and oxygen atoms in total. The van der Waals surface area contributed by atoms with Gasteiger partial charge in [-0.3, -0.25) is 19.3 Å². The Bertz CT molecular complexity index is 862. The summed E-state index contributed by atoms with van der Waals surface area (Å²) in [5, 5.41) is 1.81. The van der Waals surface area contributed by atoms with Crippen molar-refractivity contribution in [3.63, 3.8) is 0 Å². The van der Waals surface area contributed by atoms with Crippen molar-refractivity contribution in [2.75, 3.05) is 39.4 Å². The van der Waals surface area contributed by atoms with Crippen molar-refractivity contribution < 1.29 is 19.1 Å². The summed E-state index contributed by atoms with van der Waals surface area (Å²) in [6.45, 7) is 4.52. The molecule has 0 spiro atoms. The lowest BCUT2D eigenvalue weighted by atomic mass is 9.88. The quantitative estimate of drug-likeness (QED) is 0.397. The first-order chi connectivity index (χ1) is 14.2. The van der Waals surface area contributed by atoms with Gasteiger partial charge < -0.3 is 9.64 Å². The maximum Gasteiger partial charge on any atom is 0.291 e. The molecule has 29 heavy (non-hydrogen) atoms. The van der Waals surface area contributed by atoms with E-state index >= 15 is 0 Å². The van der Waals surface area contributed by atoms with Gasteiger partial charge in [0.2, 0.25) is 5.78 Å². The molecular formula is C22H24N2O4S. The number of benzene rings is 1. The number of morpholine rings is 1. The minimum absolute atomic E-state index is 0.261. The zero-order valence-corrected chi connectivity index (χ0v) is 17.0. The van der Waals surface area contributed by atoms with Crippen molar-refractivity contribution in [2.45, 2.75) is 12.5 Å². The van der Waals surface area contributed by atoms with E-state index in [1.54, 1.807) is 17.0 Å². The Morgan fingerprint density at radius 3 is 2.48 bits per heavy atom. The highest BCUT2D eigenvalue weighted by molar-refractivity contribution is 7.12. The molecule has 7 heteroatoms. The fraction of sp³-hybridized carbons (Fsp3) is 0.409. The highest BCUT2D eigenvalue weighted by Gasteiger charge is 2.51. The van der Waals surface area contributed by atoms with Crippen LogP contribution in [0.1, 0.15) is 27.7 Å². The van der Waals surface area contributed by atoms with E-state index < -0.39 is 23.7 Å². The standard InChI is InChI=1S/C22H24N2O4S/c25-20(17-8-4-15-29-17)18-19(16-6-2-1-3-7-16)24(22(27)21(18)26)10-5-9-23-11-13-28-14-12-23/h1-4,6-8,15,18-19H,5,9-14H2. The van der Waals surface area contributed by atoms with Gasteiger partial charge in [-0.05, 0) is 23.4 Å². The Morgan fingerprint density at radius 2 is 1.79 bits per heavy atom. The van der Waals surface area contributed by atoms with Crippen molar-refractivity contribution in [3.05, 3.63) is 58.3 Å². The second kappa shape index (κ2) is 8.98. The van der Waals surface area contributed by atoms with Gasteiger partial charge in [-0.1, -0.05) is 36.4 Å². The van der Waals surface area contributed by atoms with Crippen molar-refractivity contribution in [3.8, 4) is 0 Å². The van der Waals surface area contributed by atoms with Crippen molar-refractivity contribution in [1.82, 2.24) is 9.80 Å². The highest BCUT2D eigenvalue weighted by atomic mass is 32.1. The van der Waals surface area contributed by atoms with Gasteiger partial charge in [0.1, 0.15) is 5.92 Å². The number of carbonyl (C=O) groups is 3. The number of ether oxygens (including phenoxy) is 1. The Balaban J connectivity index is 1.56. The molecule has 3 heterocycles. The third kappa shape index (κ3) is 4.17. The molecule has 0 bridgehead atoms. The number of likely N-dealkylation sites (tertiary alicyclic amines) is 1. The summed E-state index contributed by atoms with van der Waals surface area (Å²) in [6, 6.07) is 12.4. The van der Waals surface area contributed by atoms with E-state index in [-0.39, 0.29) is 5.78 Å². The monoisotopic (exact) mass is 412 g/mol. The first kappa shape index (κ1) is 19.9. The molecule has 2 fully saturated rings. The predicted molar refractivity (Wildman–Crippen MR) is 110 cm³/mol. The summed E-state index contributed by atoms with van der Waals surface area (Å²) in [6.07, 6.45) is 0.752. The van der Waals surface area contributed by atoms with Gasteiger partial charge in [0, 0.05) is 26.2 Å². The van der Waals surface area contributed by atoms with Crippen LogP contribution in [0, 0.1) is 5.92 Å². The van der Waals surface area contributed by atoms with Crippen LogP contribution in [0.2, 0.25) is 0 Å². The summed E-state index contributed by atoms with van der Waals surface area (Å²) in [5.74, 6) is -2.38. The summed E-state index contributed by atoms with van der Waals surface area (Å²) < 4.78 is 5.37. The molecule has 2 aliphatic rings. The summed E-state index contributed by atoms with van der Waals surface area (Å²) in [5.41, 5.74) is 0.827. The predicted octanol–water partition coefficient (Wildman–Crippen LogP) is 2.42. The number of thiophene rings is 1. The Hall–Kier alpha value is -2.35. The molecule has 2 unspecified atom stereocenters. The number of rotatable bonds is 7. The van der Waals surface area contributed by atoms with E-state index in [1.807, 2.05) is 35.7 Å². The molecule has 2 saturated heterocycles. The number of hydrogen-bond acceptors (Lipinski definition) is 6. The molecule has 0 aliphatic carbocycles. The molecule has 2 aliphatic heterocycles. The lowest BCUT2D eigenvalue weighted by molar-refractivity contribution is -0.140. The van der Waals surface area contributed by atoms with E-state index in [9.17, 15) is 14.4 Å². The van der Waals surface area contributed by atoms with E-state index in [1.165, 1.54) is 11.3 Å². The van der Waals surface area contributed by atoms with Crippen molar-refractivity contribution in [1.29, 1.82) is 0 Å². The van der Waals surface area contributed by atoms with E-state index in [4.69, 9.17) is 4.74 Å². The second-order valence-corrected chi connectivity index (χ2v) is 8.29. The third-order valence-electron chi connectivity index (χ3n) is 5.57. The summed E-state index contributed by atoms with van der Waals surface area (Å²) >= 11 is 1.31. The molecule has 1 aromatic heterocycles. The lowest BCUT2D eigenvalue weighted by Gasteiger charge is -2.30. The number of hydrogen-bond donors (Lipinski definition) is 0. The Labute approximate surface area is 174 Å². The van der Waals surface area contributed by atoms with Crippen LogP contribution in [0.15, 0.2) is 47.8 Å². The van der Waals surface area contributed by atoms with Crippen molar-refractivity contribution in [2.24, 2.45) is 5.92 Å². The zero-order valence-electron chi connectivity index (χ0n) is 16.2. The minimum atomic E-state index is -0.980. The normalized spacial score (nSPS) is 23.0. The van der Waals surface area contributed by atoms with Crippen molar-refractivity contribution >= 4 is 28.8 Å². The first-order valence-corrected chi connectivity index (χ1v) is 10.8. The Kier molecular flexibility index (Phi) is 6.18. The minimum Gasteiger partial charge on any atom is -0.379 e. The van der Waals surface area contributed by atoms with Crippen LogP contribution in [0.5, 0.6) is 0 Å². The van der Waals surface area contributed by atoms with E-state index in [2.05, 4.69) is 4.90 Å². The van der Waals surface area contributed by atoms with Gasteiger partial charge in [-0.25, -0.2) is 0 Å². The van der Waals surface area contributed by atoms with Crippen LogP contribution in [0.25, 0.3) is 0 Å². The van der Waals surface area contributed by atoms with Crippen LogP contribution >= 0.6 is 11.3 Å². The van der Waals surface area contributed by atoms with Crippen LogP contribution in [-0.2, 0) is 14.3 Å². The van der Waals surface area contributed by atoms with E-state index in [0.717, 1.165) is 44.8 Å². The smallest absolute Gasteiger partial charge is 0.291 e. The molecule has 152 valence electrons. The fourth-order valence-electron chi connectivity index (χ4n) is 4.11. The molecule has 1 aromatic carbocycles. The van der Waals surface area contributed by atoms with Gasteiger partial charge in [0.05, 0.1) is 24.1 Å². The van der Waals surface area contributed by atoms with Gasteiger partial charge in [-0.2, -0.15) is 0 Å². The molecular weight excluding hydrogens is 388 g/mol. The number of nitrogens with zero attached hydrogens (tertiary/aromatic N) is 2. The number of Topliss-reactive ketones (excluding diaryl/α,β-unsaturated/α-hetero) is 2. The van der Waals surface area contributed by atoms with Crippen LogP contribution in [-0.4, -0.2) is 66.7 Å². The van der Waals surface area contributed by atoms with Gasteiger partial charge in [0.15, 0.2) is 5.78 Å². The SMILES string of the molecule is O=C1C(=O)N(CCCN2CCOCC2)C(c2ccccc2)C1C(=O)c1cccs1.